The molecule has 1 amide bonds. The van der Waals surface area contributed by atoms with Gasteiger partial charge in [-0.05, 0) is 37.8 Å². The molecule has 33 heavy (non-hydrogen) atoms. The van der Waals surface area contributed by atoms with E-state index in [1.54, 1.807) is 12.3 Å². The fraction of sp³-hybridized carbons (Fsp3) is 0.409. The van der Waals surface area contributed by atoms with Gasteiger partial charge in [-0.1, -0.05) is 0 Å². The summed E-state index contributed by atoms with van der Waals surface area (Å²) in [6.45, 7) is 0.824. The minimum atomic E-state index is -0.359. The number of benzene rings is 1. The molecule has 0 bridgehead atoms. The van der Waals surface area contributed by atoms with Crippen LogP contribution in [0.4, 0.5) is 10.2 Å². The molecule has 3 aromatic rings. The summed E-state index contributed by atoms with van der Waals surface area (Å²) in [6, 6.07) is 3.54. The number of H-pyrrole nitrogens is 1. The number of aromatic nitrogens is 4. The average Bonchev–Trinajstić information content (AvgIpc) is 2.82. The normalized spacial score (nSPS) is 20.2. The van der Waals surface area contributed by atoms with E-state index in [1.807, 2.05) is 0 Å². The molecule has 1 aliphatic heterocycles. The van der Waals surface area contributed by atoms with E-state index in [0.29, 0.717) is 47.4 Å². The van der Waals surface area contributed by atoms with E-state index >= 15 is 0 Å². The van der Waals surface area contributed by atoms with Gasteiger partial charge in [0.25, 0.3) is 17.3 Å². The van der Waals surface area contributed by atoms with Gasteiger partial charge in [-0.15, -0.1) is 0 Å². The minimum absolute atomic E-state index is 0.0431. The predicted molar refractivity (Wildman–Crippen MR) is 118 cm³/mol. The number of nitrogens with zero attached hydrogens (tertiary/aromatic N) is 3. The number of carbonyl (C=O) groups excluding carboxylic acids is 1. The van der Waals surface area contributed by atoms with Gasteiger partial charge in [-0.25, -0.2) is 19.3 Å². The van der Waals surface area contributed by atoms with E-state index in [1.165, 1.54) is 12.3 Å². The summed E-state index contributed by atoms with van der Waals surface area (Å²) in [4.78, 5) is 38.5. The van der Waals surface area contributed by atoms with Crippen LogP contribution in [0.15, 0.2) is 29.3 Å². The number of fused-ring (bicyclic) bond motifs is 2. The summed E-state index contributed by atoms with van der Waals surface area (Å²) in [7, 11) is 0. The van der Waals surface area contributed by atoms with Gasteiger partial charge in [0, 0.05) is 30.7 Å². The predicted octanol–water partition coefficient (Wildman–Crippen LogP) is 1.37. The lowest BCUT2D eigenvalue weighted by atomic mass is 9.91. The summed E-state index contributed by atoms with van der Waals surface area (Å²) < 4.78 is 19.6. The summed E-state index contributed by atoms with van der Waals surface area (Å²) in [6.07, 6.45) is 6.66. The van der Waals surface area contributed by atoms with Gasteiger partial charge in [0.15, 0.2) is 12.4 Å². The van der Waals surface area contributed by atoms with Gasteiger partial charge < -0.3 is 25.7 Å². The van der Waals surface area contributed by atoms with Crippen molar-refractivity contribution < 1.29 is 13.9 Å². The standard InChI is InChI=1S/C22H24FN7O3/c23-16-5-6-17-20(29-18(31)10-26-17)15(16)9-25-13-3-1-12(2-4-13)24-7-14-8-27-22-21(28-14)30-19(32)11-33-22/h5-6,8,10,12-13,24-25H,1-4,7,9,11H2,(H,29,31)(H,28,30,32). The molecule has 0 saturated heterocycles. The molecule has 3 heterocycles. The van der Waals surface area contributed by atoms with Crippen LogP contribution in [-0.4, -0.2) is 44.5 Å². The van der Waals surface area contributed by atoms with Crippen LogP contribution in [0.3, 0.4) is 0 Å². The molecule has 0 spiro atoms. The highest BCUT2D eigenvalue weighted by atomic mass is 19.1. The molecule has 2 aliphatic rings. The topological polar surface area (TPSA) is 134 Å². The number of carbonyl (C=O) groups is 1. The van der Waals surface area contributed by atoms with Crippen molar-refractivity contribution >= 4 is 22.8 Å². The second-order valence-electron chi connectivity index (χ2n) is 8.33. The Morgan fingerprint density at radius 3 is 2.58 bits per heavy atom. The quantitative estimate of drug-likeness (QED) is 0.440. The van der Waals surface area contributed by atoms with Crippen molar-refractivity contribution in [1.29, 1.82) is 0 Å². The first-order valence-corrected chi connectivity index (χ1v) is 11.0. The summed E-state index contributed by atoms with van der Waals surface area (Å²) in [5.74, 6) is 0.101. The Morgan fingerprint density at radius 2 is 1.79 bits per heavy atom. The smallest absolute Gasteiger partial charge is 0.266 e. The molecule has 4 N–H and O–H groups in total. The van der Waals surface area contributed by atoms with E-state index in [4.69, 9.17) is 4.74 Å². The third-order valence-electron chi connectivity index (χ3n) is 6.06. The lowest BCUT2D eigenvalue weighted by Crippen LogP contribution is -2.39. The number of nitrogens with one attached hydrogen (secondary N) is 4. The summed E-state index contributed by atoms with van der Waals surface area (Å²) in [5.41, 5.74) is 1.82. The SMILES string of the molecule is O=C1COc2ncc(CNC3CCC(NCc4c(F)ccc5ncc(=O)[nH]c45)CC3)nc2N1. The zero-order valence-corrected chi connectivity index (χ0v) is 17.9. The molecule has 1 fully saturated rings. The monoisotopic (exact) mass is 453 g/mol. The molecule has 0 unspecified atom stereocenters. The van der Waals surface area contributed by atoms with E-state index < -0.39 is 0 Å². The Morgan fingerprint density at radius 1 is 1.03 bits per heavy atom. The fourth-order valence-corrected chi connectivity index (χ4v) is 4.30. The van der Waals surface area contributed by atoms with Crippen LogP contribution in [0.1, 0.15) is 36.9 Å². The van der Waals surface area contributed by atoms with Crippen molar-refractivity contribution in [3.05, 3.63) is 52.0 Å². The first kappa shape index (κ1) is 21.4. The van der Waals surface area contributed by atoms with Crippen LogP contribution < -0.4 is 26.2 Å². The van der Waals surface area contributed by atoms with Crippen LogP contribution in [0, 0.1) is 5.82 Å². The lowest BCUT2D eigenvalue weighted by Gasteiger charge is -2.30. The highest BCUT2D eigenvalue weighted by Crippen LogP contribution is 2.24. The maximum atomic E-state index is 14.4. The zero-order valence-electron chi connectivity index (χ0n) is 17.9. The van der Waals surface area contributed by atoms with Gasteiger partial charge in [-0.3, -0.25) is 9.59 Å². The maximum absolute atomic E-state index is 14.4. The summed E-state index contributed by atoms with van der Waals surface area (Å²) in [5, 5.41) is 9.59. The number of anilines is 1. The highest BCUT2D eigenvalue weighted by molar-refractivity contribution is 5.93. The number of hydrogen-bond donors (Lipinski definition) is 4. The molecule has 1 aliphatic carbocycles. The number of aromatic amines is 1. The molecule has 0 radical (unpaired) electrons. The van der Waals surface area contributed by atoms with Crippen molar-refractivity contribution in [2.24, 2.45) is 0 Å². The Balaban J connectivity index is 1.13. The van der Waals surface area contributed by atoms with Crippen molar-refractivity contribution in [3.8, 4) is 5.88 Å². The minimum Gasteiger partial charge on any atom is -0.465 e. The first-order chi connectivity index (χ1) is 16.0. The molecule has 0 atom stereocenters. The third kappa shape index (κ3) is 4.83. The number of rotatable bonds is 6. The van der Waals surface area contributed by atoms with Crippen molar-refractivity contribution in [2.45, 2.75) is 50.9 Å². The first-order valence-electron chi connectivity index (χ1n) is 11.0. The highest BCUT2D eigenvalue weighted by Gasteiger charge is 2.23. The van der Waals surface area contributed by atoms with Crippen molar-refractivity contribution in [1.82, 2.24) is 30.6 Å². The van der Waals surface area contributed by atoms with E-state index in [9.17, 15) is 14.0 Å². The second-order valence-corrected chi connectivity index (χ2v) is 8.33. The third-order valence-corrected chi connectivity index (χ3v) is 6.06. The average molecular weight is 453 g/mol. The zero-order chi connectivity index (χ0) is 22.8. The van der Waals surface area contributed by atoms with E-state index in [2.05, 4.69) is 35.9 Å². The number of amides is 1. The number of ether oxygens (including phenoxy) is 1. The molecule has 2 aromatic heterocycles. The molecule has 1 saturated carbocycles. The molecule has 10 nitrogen and oxygen atoms in total. The van der Waals surface area contributed by atoms with E-state index in [-0.39, 0.29) is 29.9 Å². The van der Waals surface area contributed by atoms with Gasteiger partial charge >= 0.3 is 0 Å². The molecule has 5 rings (SSSR count). The number of halogens is 1. The summed E-state index contributed by atoms with van der Waals surface area (Å²) >= 11 is 0. The van der Waals surface area contributed by atoms with E-state index in [0.717, 1.165) is 31.4 Å². The van der Waals surface area contributed by atoms with Gasteiger partial charge in [0.05, 0.1) is 29.1 Å². The fourth-order valence-electron chi connectivity index (χ4n) is 4.30. The van der Waals surface area contributed by atoms with Crippen LogP contribution in [0.5, 0.6) is 5.88 Å². The molecular weight excluding hydrogens is 429 g/mol. The van der Waals surface area contributed by atoms with Crippen molar-refractivity contribution in [2.75, 3.05) is 11.9 Å². The second kappa shape index (κ2) is 9.20. The van der Waals surface area contributed by atoms with Crippen molar-refractivity contribution in [3.63, 3.8) is 0 Å². The van der Waals surface area contributed by atoms with Crippen LogP contribution >= 0.6 is 0 Å². The van der Waals surface area contributed by atoms with Gasteiger partial charge in [0.2, 0.25) is 0 Å². The Bertz CT molecular complexity index is 1240. The van der Waals surface area contributed by atoms with Gasteiger partial charge in [-0.2, -0.15) is 0 Å². The van der Waals surface area contributed by atoms with Crippen LogP contribution in [0.25, 0.3) is 11.0 Å². The van der Waals surface area contributed by atoms with Crippen LogP contribution in [-0.2, 0) is 17.9 Å². The Kier molecular flexibility index (Phi) is 5.97. The molecule has 11 heteroatoms. The lowest BCUT2D eigenvalue weighted by molar-refractivity contribution is -0.118. The number of hydrogen-bond acceptors (Lipinski definition) is 8. The largest absolute Gasteiger partial charge is 0.465 e. The van der Waals surface area contributed by atoms with Gasteiger partial charge in [0.1, 0.15) is 5.82 Å². The Labute approximate surface area is 188 Å². The Hall–Kier alpha value is -3.44. The maximum Gasteiger partial charge on any atom is 0.266 e. The van der Waals surface area contributed by atoms with Crippen LogP contribution in [0.2, 0.25) is 0 Å². The molecular formula is C22H24FN7O3. The molecule has 172 valence electrons. The molecule has 1 aromatic carbocycles.